The number of carbonyl (C=O) groups excluding carboxylic acids is 1. The fourth-order valence-electron chi connectivity index (χ4n) is 3.94. The topological polar surface area (TPSA) is 58.6 Å². The highest BCUT2D eigenvalue weighted by molar-refractivity contribution is 5.90. The molecule has 24 heavy (non-hydrogen) atoms. The molecule has 6 heteroatoms. The number of nitrogens with zero attached hydrogens (tertiary/aromatic N) is 4. The van der Waals surface area contributed by atoms with Crippen LogP contribution < -0.4 is 4.74 Å². The van der Waals surface area contributed by atoms with E-state index in [1.54, 1.807) is 19.5 Å². The minimum atomic E-state index is -0.0511. The summed E-state index contributed by atoms with van der Waals surface area (Å²) < 4.78 is 5.05. The molecular formula is C18H28N4O2. The lowest BCUT2D eigenvalue weighted by Gasteiger charge is -2.23. The third-order valence-corrected chi connectivity index (χ3v) is 5.17. The van der Waals surface area contributed by atoms with Gasteiger partial charge in [-0.1, -0.05) is 13.8 Å². The molecule has 0 spiro atoms. The van der Waals surface area contributed by atoms with Crippen molar-refractivity contribution < 1.29 is 9.53 Å². The normalized spacial score (nSPS) is 24.8. The maximum absolute atomic E-state index is 12.6. The summed E-state index contributed by atoms with van der Waals surface area (Å²) in [4.78, 5) is 25.4. The first-order chi connectivity index (χ1) is 11.6. The van der Waals surface area contributed by atoms with Gasteiger partial charge in [-0.2, -0.15) is 0 Å². The Labute approximate surface area is 144 Å². The summed E-state index contributed by atoms with van der Waals surface area (Å²) in [5.74, 6) is 2.74. The van der Waals surface area contributed by atoms with Crippen LogP contribution in [0.3, 0.4) is 0 Å². The van der Waals surface area contributed by atoms with Crippen LogP contribution in [0, 0.1) is 17.8 Å². The zero-order valence-electron chi connectivity index (χ0n) is 14.9. The van der Waals surface area contributed by atoms with Crippen LogP contribution in [0.2, 0.25) is 0 Å². The lowest BCUT2D eigenvalue weighted by molar-refractivity contribution is 0.0767. The van der Waals surface area contributed by atoms with Crippen molar-refractivity contribution in [2.45, 2.75) is 26.7 Å². The van der Waals surface area contributed by atoms with Gasteiger partial charge in [-0.15, -0.1) is 0 Å². The highest BCUT2D eigenvalue weighted by Gasteiger charge is 2.37. The van der Waals surface area contributed by atoms with Crippen LogP contribution in [0.1, 0.15) is 37.3 Å². The summed E-state index contributed by atoms with van der Waals surface area (Å²) in [5, 5.41) is 0. The molecule has 2 atom stereocenters. The first-order valence-electron chi connectivity index (χ1n) is 8.94. The van der Waals surface area contributed by atoms with Crippen molar-refractivity contribution >= 4 is 5.91 Å². The molecule has 0 unspecified atom stereocenters. The smallest absolute Gasteiger partial charge is 0.291 e. The SMILES string of the molecule is COc1cnc(C(=O)N2C[C@H]3CCN(CC(C)C)CC[C@H]3C2)nc1. The molecule has 3 heterocycles. The molecule has 2 fully saturated rings. The Kier molecular flexibility index (Phi) is 5.33. The van der Waals surface area contributed by atoms with Crippen LogP contribution in [0.4, 0.5) is 0 Å². The Bertz CT molecular complexity index is 545. The molecule has 0 bridgehead atoms. The molecule has 1 amide bonds. The summed E-state index contributed by atoms with van der Waals surface area (Å²) in [7, 11) is 1.57. The molecule has 132 valence electrons. The third kappa shape index (κ3) is 3.86. The van der Waals surface area contributed by atoms with E-state index >= 15 is 0 Å². The van der Waals surface area contributed by atoms with Gasteiger partial charge in [-0.3, -0.25) is 4.79 Å². The molecule has 0 aliphatic carbocycles. The van der Waals surface area contributed by atoms with Gasteiger partial charge >= 0.3 is 0 Å². The van der Waals surface area contributed by atoms with Crippen LogP contribution in [0.5, 0.6) is 5.75 Å². The number of likely N-dealkylation sites (tertiary alicyclic amines) is 2. The van der Waals surface area contributed by atoms with E-state index in [1.165, 1.54) is 19.4 Å². The lowest BCUT2D eigenvalue weighted by atomic mass is 9.92. The van der Waals surface area contributed by atoms with Gasteiger partial charge in [-0.25, -0.2) is 9.97 Å². The molecule has 6 nitrogen and oxygen atoms in total. The number of aromatic nitrogens is 2. The van der Waals surface area contributed by atoms with Gasteiger partial charge in [-0.05, 0) is 43.7 Å². The molecule has 2 saturated heterocycles. The van der Waals surface area contributed by atoms with Crippen molar-refractivity contribution in [2.75, 3.05) is 39.8 Å². The number of amides is 1. The molecule has 0 saturated carbocycles. The highest BCUT2D eigenvalue weighted by atomic mass is 16.5. The molecule has 0 aromatic carbocycles. The number of rotatable bonds is 4. The molecule has 1 aromatic rings. The molecule has 0 radical (unpaired) electrons. The zero-order chi connectivity index (χ0) is 17.1. The molecule has 2 aliphatic heterocycles. The van der Waals surface area contributed by atoms with E-state index in [0.717, 1.165) is 26.2 Å². The second-order valence-corrected chi connectivity index (χ2v) is 7.45. The summed E-state index contributed by atoms with van der Waals surface area (Å²) in [5.41, 5.74) is 0. The van der Waals surface area contributed by atoms with Crippen LogP contribution in [-0.4, -0.2) is 65.5 Å². The number of fused-ring (bicyclic) bond motifs is 1. The summed E-state index contributed by atoms with van der Waals surface area (Å²) in [6.07, 6.45) is 5.48. The molecule has 0 N–H and O–H groups in total. The van der Waals surface area contributed by atoms with E-state index in [1.807, 2.05) is 4.90 Å². The van der Waals surface area contributed by atoms with Crippen LogP contribution in [0.15, 0.2) is 12.4 Å². The first kappa shape index (κ1) is 17.1. The van der Waals surface area contributed by atoms with Gasteiger partial charge in [0.1, 0.15) is 0 Å². The first-order valence-corrected chi connectivity index (χ1v) is 8.94. The standard InChI is InChI=1S/C18H28N4O2/c1-13(2)10-21-6-4-14-11-22(12-15(14)5-7-21)18(23)17-19-8-16(24-3)9-20-17/h8-9,13-15H,4-7,10-12H2,1-3H3/t14-,15+. The summed E-state index contributed by atoms with van der Waals surface area (Å²) >= 11 is 0. The minimum absolute atomic E-state index is 0.0511. The Morgan fingerprint density at radius 3 is 2.29 bits per heavy atom. The quantitative estimate of drug-likeness (QED) is 0.843. The van der Waals surface area contributed by atoms with Crippen LogP contribution in [-0.2, 0) is 0 Å². The number of ether oxygens (including phenoxy) is 1. The average Bonchev–Trinajstić information content (AvgIpc) is 2.91. The van der Waals surface area contributed by atoms with E-state index in [2.05, 4.69) is 28.7 Å². The van der Waals surface area contributed by atoms with E-state index in [0.29, 0.717) is 23.5 Å². The van der Waals surface area contributed by atoms with Crippen molar-refractivity contribution in [3.8, 4) is 5.75 Å². The molecule has 1 aromatic heterocycles. The van der Waals surface area contributed by atoms with Crippen molar-refractivity contribution in [1.29, 1.82) is 0 Å². The largest absolute Gasteiger partial charge is 0.494 e. The average molecular weight is 332 g/mol. The fourth-order valence-corrected chi connectivity index (χ4v) is 3.94. The predicted octanol–water partition coefficient (Wildman–Crippen LogP) is 1.93. The maximum atomic E-state index is 12.6. The van der Waals surface area contributed by atoms with E-state index in [9.17, 15) is 4.79 Å². The predicted molar refractivity (Wildman–Crippen MR) is 92.0 cm³/mol. The van der Waals surface area contributed by atoms with Gasteiger partial charge in [0.05, 0.1) is 19.5 Å². The van der Waals surface area contributed by atoms with Crippen molar-refractivity contribution in [3.05, 3.63) is 18.2 Å². The van der Waals surface area contributed by atoms with E-state index in [-0.39, 0.29) is 11.7 Å². The lowest BCUT2D eigenvalue weighted by Crippen LogP contribution is -2.33. The highest BCUT2D eigenvalue weighted by Crippen LogP contribution is 2.32. The van der Waals surface area contributed by atoms with E-state index in [4.69, 9.17) is 4.74 Å². The Hall–Kier alpha value is -1.69. The minimum Gasteiger partial charge on any atom is -0.494 e. The number of hydrogen-bond donors (Lipinski definition) is 0. The van der Waals surface area contributed by atoms with Crippen LogP contribution >= 0.6 is 0 Å². The van der Waals surface area contributed by atoms with Crippen molar-refractivity contribution in [3.63, 3.8) is 0 Å². The molecule has 3 rings (SSSR count). The monoisotopic (exact) mass is 332 g/mol. The Balaban J connectivity index is 1.58. The summed E-state index contributed by atoms with van der Waals surface area (Å²) in [6.45, 7) is 9.73. The zero-order valence-corrected chi connectivity index (χ0v) is 14.9. The number of carbonyl (C=O) groups is 1. The second-order valence-electron chi connectivity index (χ2n) is 7.45. The molecule has 2 aliphatic rings. The van der Waals surface area contributed by atoms with Crippen molar-refractivity contribution in [2.24, 2.45) is 17.8 Å². The maximum Gasteiger partial charge on any atom is 0.291 e. The van der Waals surface area contributed by atoms with Crippen LogP contribution in [0.25, 0.3) is 0 Å². The van der Waals surface area contributed by atoms with Gasteiger partial charge in [0, 0.05) is 19.6 Å². The number of hydrogen-bond acceptors (Lipinski definition) is 5. The Morgan fingerprint density at radius 2 is 1.79 bits per heavy atom. The molecular weight excluding hydrogens is 304 g/mol. The van der Waals surface area contributed by atoms with Crippen molar-refractivity contribution in [1.82, 2.24) is 19.8 Å². The Morgan fingerprint density at radius 1 is 1.21 bits per heavy atom. The summed E-state index contributed by atoms with van der Waals surface area (Å²) in [6, 6.07) is 0. The number of methoxy groups -OCH3 is 1. The third-order valence-electron chi connectivity index (χ3n) is 5.17. The second kappa shape index (κ2) is 7.47. The van der Waals surface area contributed by atoms with E-state index < -0.39 is 0 Å². The van der Waals surface area contributed by atoms with Gasteiger partial charge in [0.15, 0.2) is 5.75 Å². The van der Waals surface area contributed by atoms with Gasteiger partial charge in [0.25, 0.3) is 5.91 Å². The fraction of sp³-hybridized carbons (Fsp3) is 0.722. The van der Waals surface area contributed by atoms with Gasteiger partial charge < -0.3 is 14.5 Å². The van der Waals surface area contributed by atoms with Gasteiger partial charge in [0.2, 0.25) is 5.82 Å².